The molecule has 1 heterocycles. The third-order valence-electron chi connectivity index (χ3n) is 3.83. The Morgan fingerprint density at radius 3 is 2.33 bits per heavy atom. The quantitative estimate of drug-likeness (QED) is 0.687. The van der Waals surface area contributed by atoms with E-state index in [0.29, 0.717) is 6.10 Å². The van der Waals surface area contributed by atoms with Crippen LogP contribution in [0.3, 0.4) is 0 Å². The molecule has 0 bridgehead atoms. The molecule has 2 rings (SSSR count). The third-order valence-corrected chi connectivity index (χ3v) is 4.75. The van der Waals surface area contributed by atoms with Crippen molar-refractivity contribution in [3.05, 3.63) is 17.7 Å². The molecule has 21 heavy (non-hydrogen) atoms. The van der Waals surface area contributed by atoms with E-state index < -0.39 is 0 Å². The van der Waals surface area contributed by atoms with Crippen molar-refractivity contribution in [1.82, 2.24) is 0 Å². The van der Waals surface area contributed by atoms with Crippen LogP contribution < -0.4 is 14.2 Å². The minimum Gasteiger partial charge on any atom is -0.496 e. The van der Waals surface area contributed by atoms with Crippen molar-refractivity contribution in [1.29, 1.82) is 0 Å². The lowest BCUT2D eigenvalue weighted by Gasteiger charge is -2.20. The summed E-state index contributed by atoms with van der Waals surface area (Å²) in [5, 5.41) is 0. The fourth-order valence-electron chi connectivity index (χ4n) is 2.69. The van der Waals surface area contributed by atoms with E-state index >= 15 is 0 Å². The predicted molar refractivity (Wildman–Crippen MR) is 86.0 cm³/mol. The van der Waals surface area contributed by atoms with Crippen LogP contribution in [0.5, 0.6) is 17.2 Å². The summed E-state index contributed by atoms with van der Waals surface area (Å²) in [4.78, 5) is 0.164. The Balaban J connectivity index is 2.15. The van der Waals surface area contributed by atoms with Crippen molar-refractivity contribution < 1.29 is 18.9 Å². The lowest BCUT2D eigenvalue weighted by Crippen LogP contribution is -2.07. The molecule has 2 unspecified atom stereocenters. The van der Waals surface area contributed by atoms with Gasteiger partial charge in [-0.1, -0.05) is 15.9 Å². The fourth-order valence-corrected chi connectivity index (χ4v) is 3.41. The SMILES string of the molecule is COc1cc(OC)c(C(Br)CCC2CCCO2)c(OC)c1. The van der Waals surface area contributed by atoms with Gasteiger partial charge in [-0.3, -0.25) is 0 Å². The Labute approximate surface area is 134 Å². The van der Waals surface area contributed by atoms with Gasteiger partial charge in [-0.15, -0.1) is 0 Å². The van der Waals surface area contributed by atoms with Crippen molar-refractivity contribution in [3.63, 3.8) is 0 Å². The van der Waals surface area contributed by atoms with Gasteiger partial charge in [0, 0.05) is 23.6 Å². The largest absolute Gasteiger partial charge is 0.496 e. The molecular weight excluding hydrogens is 336 g/mol. The Morgan fingerprint density at radius 2 is 1.86 bits per heavy atom. The second-order valence-corrected chi connectivity index (χ2v) is 6.23. The van der Waals surface area contributed by atoms with Crippen molar-refractivity contribution in [2.75, 3.05) is 27.9 Å². The molecule has 1 aliphatic heterocycles. The monoisotopic (exact) mass is 358 g/mol. The van der Waals surface area contributed by atoms with E-state index in [9.17, 15) is 0 Å². The normalized spacial score (nSPS) is 19.3. The molecule has 118 valence electrons. The maximum Gasteiger partial charge on any atom is 0.130 e. The highest BCUT2D eigenvalue weighted by Gasteiger charge is 2.23. The molecular formula is C16H23BrO4. The average Bonchev–Trinajstić information content (AvgIpc) is 3.04. The Morgan fingerprint density at radius 1 is 1.19 bits per heavy atom. The van der Waals surface area contributed by atoms with Crippen LogP contribution in [0, 0.1) is 0 Å². The molecule has 1 aromatic carbocycles. The van der Waals surface area contributed by atoms with Crippen LogP contribution in [0.4, 0.5) is 0 Å². The third kappa shape index (κ3) is 4.04. The van der Waals surface area contributed by atoms with E-state index in [-0.39, 0.29) is 4.83 Å². The summed E-state index contributed by atoms with van der Waals surface area (Å²) in [5.41, 5.74) is 1.03. The molecule has 1 aromatic rings. The van der Waals surface area contributed by atoms with Gasteiger partial charge in [0.15, 0.2) is 0 Å². The molecule has 2 atom stereocenters. The first-order valence-corrected chi connectivity index (χ1v) is 8.16. The van der Waals surface area contributed by atoms with Crippen molar-refractivity contribution in [2.45, 2.75) is 36.6 Å². The minimum absolute atomic E-state index is 0.164. The van der Waals surface area contributed by atoms with E-state index in [1.807, 2.05) is 12.1 Å². The molecule has 0 saturated carbocycles. The summed E-state index contributed by atoms with van der Waals surface area (Å²) in [6.45, 7) is 0.896. The van der Waals surface area contributed by atoms with Gasteiger partial charge in [0.2, 0.25) is 0 Å². The molecule has 0 aromatic heterocycles. The van der Waals surface area contributed by atoms with Crippen molar-refractivity contribution in [2.24, 2.45) is 0 Å². The number of halogens is 1. The van der Waals surface area contributed by atoms with E-state index in [1.54, 1.807) is 21.3 Å². The molecule has 0 spiro atoms. The number of hydrogen-bond donors (Lipinski definition) is 0. The second kappa shape index (κ2) is 7.90. The minimum atomic E-state index is 0.164. The summed E-state index contributed by atoms with van der Waals surface area (Å²) < 4.78 is 22.0. The van der Waals surface area contributed by atoms with E-state index in [2.05, 4.69) is 15.9 Å². The highest BCUT2D eigenvalue weighted by molar-refractivity contribution is 9.09. The molecule has 1 saturated heterocycles. The van der Waals surface area contributed by atoms with Gasteiger partial charge in [0.1, 0.15) is 17.2 Å². The molecule has 0 aliphatic carbocycles. The van der Waals surface area contributed by atoms with Crippen LogP contribution >= 0.6 is 15.9 Å². The van der Waals surface area contributed by atoms with Gasteiger partial charge < -0.3 is 18.9 Å². The first-order valence-electron chi connectivity index (χ1n) is 7.25. The van der Waals surface area contributed by atoms with Crippen molar-refractivity contribution >= 4 is 15.9 Å². The maximum absolute atomic E-state index is 5.69. The molecule has 0 amide bonds. The Bertz CT molecular complexity index is 433. The number of alkyl halides is 1. The zero-order valence-corrected chi connectivity index (χ0v) is 14.4. The first-order chi connectivity index (χ1) is 10.2. The van der Waals surface area contributed by atoms with E-state index in [1.165, 1.54) is 6.42 Å². The molecule has 1 aliphatic rings. The van der Waals surface area contributed by atoms with Crippen LogP contribution in [0.15, 0.2) is 12.1 Å². The van der Waals surface area contributed by atoms with Crippen LogP contribution in [-0.2, 0) is 4.74 Å². The topological polar surface area (TPSA) is 36.9 Å². The fraction of sp³-hybridized carbons (Fsp3) is 0.625. The lowest BCUT2D eigenvalue weighted by molar-refractivity contribution is 0.102. The molecule has 0 N–H and O–H groups in total. The molecule has 1 fully saturated rings. The second-order valence-electron chi connectivity index (χ2n) is 5.13. The van der Waals surface area contributed by atoms with Crippen molar-refractivity contribution in [3.8, 4) is 17.2 Å². The van der Waals surface area contributed by atoms with Gasteiger partial charge in [0.05, 0.1) is 33.0 Å². The summed E-state index contributed by atoms with van der Waals surface area (Å²) in [6, 6.07) is 3.77. The maximum atomic E-state index is 5.69. The predicted octanol–water partition coefficient (Wildman–Crippen LogP) is 4.11. The van der Waals surface area contributed by atoms with Crippen LogP contribution in [0.2, 0.25) is 0 Å². The van der Waals surface area contributed by atoms with Gasteiger partial charge in [-0.2, -0.15) is 0 Å². The molecule has 4 nitrogen and oxygen atoms in total. The lowest BCUT2D eigenvalue weighted by atomic mass is 10.0. The summed E-state index contributed by atoms with van der Waals surface area (Å²) in [5.74, 6) is 2.28. The van der Waals surface area contributed by atoms with Gasteiger partial charge in [-0.25, -0.2) is 0 Å². The van der Waals surface area contributed by atoms with Gasteiger partial charge in [-0.05, 0) is 25.7 Å². The zero-order valence-electron chi connectivity index (χ0n) is 12.9. The standard InChI is InChI=1S/C16H23BrO4/c1-18-12-9-14(19-2)16(15(10-12)20-3)13(17)7-6-11-5-4-8-21-11/h9-11,13H,4-8H2,1-3H3. The smallest absolute Gasteiger partial charge is 0.130 e. The zero-order chi connectivity index (χ0) is 15.2. The number of hydrogen-bond acceptors (Lipinski definition) is 4. The highest BCUT2D eigenvalue weighted by atomic mass is 79.9. The van der Waals surface area contributed by atoms with E-state index in [4.69, 9.17) is 18.9 Å². The van der Waals surface area contributed by atoms with Gasteiger partial charge >= 0.3 is 0 Å². The number of rotatable bonds is 7. The highest BCUT2D eigenvalue weighted by Crippen LogP contribution is 2.44. The van der Waals surface area contributed by atoms with Crippen LogP contribution in [0.25, 0.3) is 0 Å². The first kappa shape index (κ1) is 16.4. The van der Waals surface area contributed by atoms with Crippen LogP contribution in [0.1, 0.15) is 36.1 Å². The molecule has 0 radical (unpaired) electrons. The van der Waals surface area contributed by atoms with E-state index in [0.717, 1.165) is 48.7 Å². The van der Waals surface area contributed by atoms with Crippen LogP contribution in [-0.4, -0.2) is 34.0 Å². The Kier molecular flexibility index (Phi) is 6.18. The Hall–Kier alpha value is -0.940. The number of methoxy groups -OCH3 is 3. The number of ether oxygens (including phenoxy) is 4. The number of benzene rings is 1. The van der Waals surface area contributed by atoms with Gasteiger partial charge in [0.25, 0.3) is 0 Å². The summed E-state index contributed by atoms with van der Waals surface area (Å²) >= 11 is 3.77. The average molecular weight is 359 g/mol. The summed E-state index contributed by atoms with van der Waals surface area (Å²) in [7, 11) is 4.96. The molecule has 5 heteroatoms. The summed E-state index contributed by atoms with van der Waals surface area (Å²) in [6.07, 6.45) is 4.74.